The molecule has 0 aliphatic rings. The second kappa shape index (κ2) is 11.8. The average Bonchev–Trinajstić information content (AvgIpc) is 3.09. The van der Waals surface area contributed by atoms with Crippen LogP contribution in [0, 0.1) is 0 Å². The molecule has 0 unspecified atom stereocenters. The summed E-state index contributed by atoms with van der Waals surface area (Å²) in [4.78, 5) is 54.0. The minimum absolute atomic E-state index is 0.0245. The number of aromatic nitrogens is 1. The van der Waals surface area contributed by atoms with Crippen molar-refractivity contribution in [3.8, 4) is 0 Å². The molecule has 0 saturated heterocycles. The lowest BCUT2D eigenvalue weighted by Crippen LogP contribution is -2.39. The van der Waals surface area contributed by atoms with Crippen LogP contribution in [-0.2, 0) is 28.6 Å². The topological polar surface area (TPSA) is 112 Å². The van der Waals surface area contributed by atoms with Crippen molar-refractivity contribution in [2.75, 3.05) is 19.7 Å². The molecule has 1 aromatic heterocycles. The zero-order valence-electron chi connectivity index (χ0n) is 19.7. The summed E-state index contributed by atoms with van der Waals surface area (Å²) in [5.74, 6) is -2.13. The third-order valence-electron chi connectivity index (χ3n) is 3.43. The Kier molecular flexibility index (Phi) is 10.0. The summed E-state index contributed by atoms with van der Waals surface area (Å²) in [6, 6.07) is 0. The highest BCUT2D eigenvalue weighted by Crippen LogP contribution is 2.14. The zero-order chi connectivity index (χ0) is 24.5. The number of ether oxygens (including phenoxy) is 3. The second-order valence-corrected chi connectivity index (χ2v) is 9.70. The van der Waals surface area contributed by atoms with Crippen molar-refractivity contribution in [3.05, 3.63) is 22.2 Å². The molecule has 1 aromatic rings. The zero-order valence-corrected chi connectivity index (χ0v) is 20.5. The maximum Gasteiger partial charge on any atom is 0.357 e. The molecular formula is C22H32N2O7S. The first-order valence-corrected chi connectivity index (χ1v) is 11.1. The van der Waals surface area contributed by atoms with Crippen LogP contribution in [0.4, 0.5) is 0 Å². The van der Waals surface area contributed by atoms with Gasteiger partial charge in [-0.2, -0.15) is 0 Å². The van der Waals surface area contributed by atoms with Crippen LogP contribution in [0.1, 0.15) is 70.4 Å². The molecule has 9 nitrogen and oxygen atoms in total. The fourth-order valence-electron chi connectivity index (χ4n) is 2.33. The summed E-state index contributed by atoms with van der Waals surface area (Å²) in [5, 5.41) is 1.95. The minimum atomic E-state index is -0.711. The van der Waals surface area contributed by atoms with Gasteiger partial charge in [0.25, 0.3) is 0 Å². The van der Waals surface area contributed by atoms with E-state index in [1.165, 1.54) is 33.8 Å². The number of esters is 3. The maximum atomic E-state index is 12.7. The van der Waals surface area contributed by atoms with E-state index in [1.807, 2.05) is 0 Å². The van der Waals surface area contributed by atoms with Gasteiger partial charge in [0.05, 0.1) is 13.0 Å². The largest absolute Gasteiger partial charge is 0.461 e. The second-order valence-electron chi connectivity index (χ2n) is 8.81. The summed E-state index contributed by atoms with van der Waals surface area (Å²) in [5.41, 5.74) is -1.21. The molecule has 1 rings (SSSR count). The van der Waals surface area contributed by atoms with E-state index in [2.05, 4.69) is 4.98 Å². The molecule has 0 spiro atoms. The summed E-state index contributed by atoms with van der Waals surface area (Å²) < 4.78 is 15.4. The molecule has 1 amide bonds. The molecule has 178 valence electrons. The predicted molar refractivity (Wildman–Crippen MR) is 120 cm³/mol. The number of amides is 1. The number of nitrogens with zero attached hydrogens (tertiary/aromatic N) is 2. The van der Waals surface area contributed by atoms with Crippen molar-refractivity contribution in [2.45, 2.75) is 66.1 Å². The van der Waals surface area contributed by atoms with E-state index < -0.39 is 35.0 Å². The Hall–Kier alpha value is -2.75. The number of carbonyl (C=O) groups is 4. The smallest absolute Gasteiger partial charge is 0.357 e. The summed E-state index contributed by atoms with van der Waals surface area (Å²) in [6.07, 6.45) is 2.59. The van der Waals surface area contributed by atoms with E-state index >= 15 is 0 Å². The van der Waals surface area contributed by atoms with Gasteiger partial charge in [0.15, 0.2) is 5.69 Å². The Bertz CT molecular complexity index is 847. The highest BCUT2D eigenvalue weighted by molar-refractivity contribution is 7.10. The van der Waals surface area contributed by atoms with Crippen LogP contribution in [-0.4, -0.2) is 64.6 Å². The van der Waals surface area contributed by atoms with Crippen molar-refractivity contribution in [3.63, 3.8) is 0 Å². The molecule has 1 heterocycles. The van der Waals surface area contributed by atoms with E-state index in [-0.39, 0.29) is 31.8 Å². The predicted octanol–water partition coefficient (Wildman–Crippen LogP) is 3.24. The van der Waals surface area contributed by atoms with E-state index in [0.29, 0.717) is 5.01 Å². The van der Waals surface area contributed by atoms with Gasteiger partial charge in [-0.1, -0.05) is 0 Å². The highest BCUT2D eigenvalue weighted by atomic mass is 32.1. The Morgan fingerprint density at radius 1 is 1.03 bits per heavy atom. The van der Waals surface area contributed by atoms with Gasteiger partial charge in [-0.3, -0.25) is 14.4 Å². The molecule has 0 saturated carbocycles. The van der Waals surface area contributed by atoms with E-state index in [9.17, 15) is 19.2 Å². The van der Waals surface area contributed by atoms with Gasteiger partial charge in [0, 0.05) is 18.0 Å². The molecule has 0 radical (unpaired) electrons. The molecule has 10 heteroatoms. The SMILES string of the molecule is CCOC(=O)c1csc(/C=C/C(=O)N(CCC(=O)OC(C)(C)C)CC(=O)OC(C)(C)C)n1. The summed E-state index contributed by atoms with van der Waals surface area (Å²) in [7, 11) is 0. The van der Waals surface area contributed by atoms with Crippen LogP contribution >= 0.6 is 11.3 Å². The van der Waals surface area contributed by atoms with Gasteiger partial charge in [0.2, 0.25) is 5.91 Å². The van der Waals surface area contributed by atoms with Gasteiger partial charge in [0.1, 0.15) is 22.8 Å². The molecule has 0 fully saturated rings. The van der Waals surface area contributed by atoms with Crippen molar-refractivity contribution < 1.29 is 33.4 Å². The fourth-order valence-corrected chi connectivity index (χ4v) is 3.01. The summed E-state index contributed by atoms with van der Waals surface area (Å²) >= 11 is 1.17. The number of rotatable bonds is 9. The summed E-state index contributed by atoms with van der Waals surface area (Å²) in [6.45, 7) is 12.0. The lowest BCUT2D eigenvalue weighted by atomic mass is 10.2. The Morgan fingerprint density at radius 3 is 2.19 bits per heavy atom. The van der Waals surface area contributed by atoms with Crippen molar-refractivity contribution in [1.82, 2.24) is 9.88 Å². The number of thiazole rings is 1. The third-order valence-corrected chi connectivity index (χ3v) is 4.24. The van der Waals surface area contributed by atoms with E-state index in [1.54, 1.807) is 48.5 Å². The van der Waals surface area contributed by atoms with Gasteiger partial charge in [-0.25, -0.2) is 9.78 Å². The molecule has 32 heavy (non-hydrogen) atoms. The number of carbonyl (C=O) groups excluding carboxylic acids is 4. The molecule has 0 aliphatic heterocycles. The third kappa shape index (κ3) is 11.0. The first-order valence-electron chi connectivity index (χ1n) is 10.2. The van der Waals surface area contributed by atoms with Crippen LogP contribution in [0.15, 0.2) is 11.5 Å². The van der Waals surface area contributed by atoms with Crippen LogP contribution in [0.25, 0.3) is 6.08 Å². The monoisotopic (exact) mass is 468 g/mol. The Labute approximate surface area is 192 Å². The maximum absolute atomic E-state index is 12.7. The normalized spacial score (nSPS) is 11.8. The quantitative estimate of drug-likeness (QED) is 0.308. The van der Waals surface area contributed by atoms with Crippen LogP contribution in [0.5, 0.6) is 0 Å². The first kappa shape index (κ1) is 27.3. The standard InChI is InChI=1S/C22H32N2O7S/c1-8-29-20(28)15-14-32-16(23-15)9-10-17(25)24(13-19(27)31-22(5,6)7)12-11-18(26)30-21(2,3)4/h9-10,14H,8,11-13H2,1-7H3/b10-9+. The Morgan fingerprint density at radius 2 is 1.62 bits per heavy atom. The van der Waals surface area contributed by atoms with Gasteiger partial charge < -0.3 is 19.1 Å². The van der Waals surface area contributed by atoms with Crippen molar-refractivity contribution in [1.29, 1.82) is 0 Å². The fraction of sp³-hybridized carbons (Fsp3) is 0.591. The van der Waals surface area contributed by atoms with Crippen LogP contribution in [0.3, 0.4) is 0 Å². The molecule has 0 aliphatic carbocycles. The van der Waals surface area contributed by atoms with Gasteiger partial charge in [-0.05, 0) is 54.5 Å². The number of hydrogen-bond acceptors (Lipinski definition) is 9. The molecule has 0 N–H and O–H groups in total. The molecule has 0 atom stereocenters. The molecule has 0 aromatic carbocycles. The first-order chi connectivity index (χ1) is 14.7. The minimum Gasteiger partial charge on any atom is -0.461 e. The van der Waals surface area contributed by atoms with Gasteiger partial charge in [-0.15, -0.1) is 11.3 Å². The van der Waals surface area contributed by atoms with E-state index in [4.69, 9.17) is 14.2 Å². The number of hydrogen-bond donors (Lipinski definition) is 0. The molecular weight excluding hydrogens is 436 g/mol. The van der Waals surface area contributed by atoms with Crippen LogP contribution in [0.2, 0.25) is 0 Å². The van der Waals surface area contributed by atoms with Gasteiger partial charge >= 0.3 is 17.9 Å². The van der Waals surface area contributed by atoms with Crippen LogP contribution < -0.4 is 0 Å². The average molecular weight is 469 g/mol. The van der Waals surface area contributed by atoms with Crippen molar-refractivity contribution >= 4 is 41.2 Å². The van der Waals surface area contributed by atoms with Crippen molar-refractivity contribution in [2.24, 2.45) is 0 Å². The highest BCUT2D eigenvalue weighted by Gasteiger charge is 2.23. The molecule has 0 bridgehead atoms. The Balaban J connectivity index is 2.88. The van der Waals surface area contributed by atoms with E-state index in [0.717, 1.165) is 0 Å². The lowest BCUT2D eigenvalue weighted by molar-refractivity contribution is -0.160. The lowest BCUT2D eigenvalue weighted by Gasteiger charge is -2.25.